The number of benzene rings is 1. The summed E-state index contributed by atoms with van der Waals surface area (Å²) in [6, 6.07) is 3.99. The molecule has 0 spiro atoms. The van der Waals surface area contributed by atoms with Gasteiger partial charge in [-0.3, -0.25) is 14.3 Å². The average molecular weight is 405 g/mol. The number of anilines is 1. The second kappa shape index (κ2) is 8.74. The van der Waals surface area contributed by atoms with Crippen LogP contribution in [0.3, 0.4) is 0 Å². The number of halogens is 2. The van der Waals surface area contributed by atoms with Crippen LogP contribution in [0.15, 0.2) is 54.6 Å². The van der Waals surface area contributed by atoms with Gasteiger partial charge in [-0.1, -0.05) is 29.4 Å². The molecule has 0 fully saturated rings. The molecule has 3 rings (SSSR count). The van der Waals surface area contributed by atoms with E-state index in [1.807, 2.05) is 0 Å². The molecule has 10 heteroatoms. The van der Waals surface area contributed by atoms with Gasteiger partial charge >= 0.3 is 0 Å². The standard InChI is InChI=1S/C17H14ClFN6OS/c1-2-7-25-16(14-9-20-5-6-21-14)23-24-17(25)27-10-15(26)22-11-3-4-13(19)12(18)8-11/h2-6,8-9H,1,7,10H2,(H,22,26). The molecule has 0 bridgehead atoms. The van der Waals surface area contributed by atoms with Gasteiger partial charge in [0, 0.05) is 24.6 Å². The van der Waals surface area contributed by atoms with Crippen LogP contribution in [0.25, 0.3) is 11.5 Å². The van der Waals surface area contributed by atoms with Crippen molar-refractivity contribution in [2.24, 2.45) is 0 Å². The summed E-state index contributed by atoms with van der Waals surface area (Å²) in [6.07, 6.45) is 6.42. The zero-order valence-corrected chi connectivity index (χ0v) is 15.5. The van der Waals surface area contributed by atoms with Crippen molar-refractivity contribution in [2.45, 2.75) is 11.7 Å². The van der Waals surface area contributed by atoms with Gasteiger partial charge in [-0.05, 0) is 18.2 Å². The molecule has 1 amide bonds. The molecule has 138 valence electrons. The lowest BCUT2D eigenvalue weighted by molar-refractivity contribution is -0.113. The van der Waals surface area contributed by atoms with Crippen LogP contribution in [0.1, 0.15) is 0 Å². The molecule has 0 saturated carbocycles. The predicted molar refractivity (Wildman–Crippen MR) is 102 cm³/mol. The van der Waals surface area contributed by atoms with Crippen LogP contribution in [0, 0.1) is 5.82 Å². The molecule has 27 heavy (non-hydrogen) atoms. The van der Waals surface area contributed by atoms with E-state index in [1.165, 1.54) is 30.0 Å². The number of hydrogen-bond donors (Lipinski definition) is 1. The first-order valence-electron chi connectivity index (χ1n) is 7.76. The molecule has 2 heterocycles. The van der Waals surface area contributed by atoms with Crippen LogP contribution in [0.2, 0.25) is 5.02 Å². The van der Waals surface area contributed by atoms with E-state index >= 15 is 0 Å². The van der Waals surface area contributed by atoms with Crippen molar-refractivity contribution in [3.63, 3.8) is 0 Å². The van der Waals surface area contributed by atoms with E-state index in [0.717, 1.165) is 0 Å². The number of allylic oxidation sites excluding steroid dienone is 1. The maximum Gasteiger partial charge on any atom is 0.234 e. The normalized spacial score (nSPS) is 10.6. The summed E-state index contributed by atoms with van der Waals surface area (Å²) < 4.78 is 15.0. The molecule has 0 aliphatic carbocycles. The Kier molecular flexibility index (Phi) is 6.15. The Morgan fingerprint density at radius 1 is 1.37 bits per heavy atom. The number of amides is 1. The van der Waals surface area contributed by atoms with Crippen LogP contribution in [-0.4, -0.2) is 36.4 Å². The quantitative estimate of drug-likeness (QED) is 0.479. The molecule has 7 nitrogen and oxygen atoms in total. The number of carbonyl (C=O) groups is 1. The van der Waals surface area contributed by atoms with Crippen LogP contribution in [-0.2, 0) is 11.3 Å². The first kappa shape index (κ1) is 19.0. The maximum atomic E-state index is 13.2. The van der Waals surface area contributed by atoms with Gasteiger partial charge in [0.15, 0.2) is 11.0 Å². The highest BCUT2D eigenvalue weighted by Gasteiger charge is 2.16. The van der Waals surface area contributed by atoms with Gasteiger partial charge in [-0.25, -0.2) is 9.37 Å². The van der Waals surface area contributed by atoms with E-state index in [9.17, 15) is 9.18 Å². The summed E-state index contributed by atoms with van der Waals surface area (Å²) in [5, 5.41) is 11.4. The number of nitrogens with one attached hydrogen (secondary N) is 1. The fourth-order valence-electron chi connectivity index (χ4n) is 2.19. The fraction of sp³-hybridized carbons (Fsp3) is 0.118. The Labute approximate surface area is 163 Å². The monoisotopic (exact) mass is 404 g/mol. The Balaban J connectivity index is 1.70. The molecule has 2 aromatic heterocycles. The first-order valence-corrected chi connectivity index (χ1v) is 9.13. The number of thioether (sulfide) groups is 1. The van der Waals surface area contributed by atoms with Crippen molar-refractivity contribution in [3.05, 3.63) is 60.3 Å². The van der Waals surface area contributed by atoms with Gasteiger partial charge in [0.1, 0.15) is 11.5 Å². The molecule has 0 atom stereocenters. The summed E-state index contributed by atoms with van der Waals surface area (Å²) in [5.41, 5.74) is 0.990. The van der Waals surface area contributed by atoms with Crippen molar-refractivity contribution in [2.75, 3.05) is 11.1 Å². The van der Waals surface area contributed by atoms with Gasteiger partial charge in [0.05, 0.1) is 17.0 Å². The van der Waals surface area contributed by atoms with Crippen molar-refractivity contribution in [1.82, 2.24) is 24.7 Å². The van der Waals surface area contributed by atoms with Crippen molar-refractivity contribution < 1.29 is 9.18 Å². The van der Waals surface area contributed by atoms with Crippen molar-refractivity contribution in [3.8, 4) is 11.5 Å². The smallest absolute Gasteiger partial charge is 0.234 e. The average Bonchev–Trinajstić information content (AvgIpc) is 3.07. The van der Waals surface area contributed by atoms with E-state index in [-0.39, 0.29) is 16.7 Å². The second-order valence-electron chi connectivity index (χ2n) is 5.26. The lowest BCUT2D eigenvalue weighted by Crippen LogP contribution is -2.14. The fourth-order valence-corrected chi connectivity index (χ4v) is 3.12. The number of nitrogens with zero attached hydrogens (tertiary/aromatic N) is 5. The van der Waals surface area contributed by atoms with Crippen LogP contribution in [0.4, 0.5) is 10.1 Å². The number of hydrogen-bond acceptors (Lipinski definition) is 6. The number of aromatic nitrogens is 5. The SMILES string of the molecule is C=CCn1c(SCC(=O)Nc2ccc(F)c(Cl)c2)nnc1-c1cnccn1. The third kappa shape index (κ3) is 4.69. The van der Waals surface area contributed by atoms with Gasteiger partial charge in [0.2, 0.25) is 5.91 Å². The highest BCUT2D eigenvalue weighted by molar-refractivity contribution is 7.99. The first-order chi connectivity index (χ1) is 13.1. The topological polar surface area (TPSA) is 85.6 Å². The van der Waals surface area contributed by atoms with Gasteiger partial charge in [-0.2, -0.15) is 0 Å². The highest BCUT2D eigenvalue weighted by Crippen LogP contribution is 2.23. The highest BCUT2D eigenvalue weighted by atomic mass is 35.5. The summed E-state index contributed by atoms with van der Waals surface area (Å²) in [4.78, 5) is 20.4. The van der Waals surface area contributed by atoms with Crippen molar-refractivity contribution >= 4 is 35.0 Å². The molecule has 1 aromatic carbocycles. The molecular weight excluding hydrogens is 391 g/mol. The number of carbonyl (C=O) groups excluding carboxylic acids is 1. The Morgan fingerprint density at radius 2 is 2.22 bits per heavy atom. The molecular formula is C17H14ClFN6OS. The second-order valence-corrected chi connectivity index (χ2v) is 6.61. The summed E-state index contributed by atoms with van der Waals surface area (Å²) in [6.45, 7) is 4.19. The summed E-state index contributed by atoms with van der Waals surface area (Å²) in [7, 11) is 0. The summed E-state index contributed by atoms with van der Waals surface area (Å²) >= 11 is 6.92. The summed E-state index contributed by atoms with van der Waals surface area (Å²) in [5.74, 6) is -0.198. The van der Waals surface area contributed by atoms with E-state index in [1.54, 1.807) is 29.2 Å². The Morgan fingerprint density at radius 3 is 2.93 bits per heavy atom. The minimum atomic E-state index is -0.543. The third-order valence-electron chi connectivity index (χ3n) is 3.36. The molecule has 0 saturated heterocycles. The predicted octanol–water partition coefficient (Wildman–Crippen LogP) is 3.44. The zero-order valence-electron chi connectivity index (χ0n) is 14.0. The lowest BCUT2D eigenvalue weighted by atomic mass is 10.3. The van der Waals surface area contributed by atoms with Gasteiger partial charge in [0.25, 0.3) is 0 Å². The van der Waals surface area contributed by atoms with Crippen LogP contribution < -0.4 is 5.32 Å². The van der Waals surface area contributed by atoms with E-state index in [2.05, 4.69) is 32.1 Å². The third-order valence-corrected chi connectivity index (χ3v) is 4.61. The zero-order chi connectivity index (χ0) is 19.2. The van der Waals surface area contributed by atoms with Crippen LogP contribution >= 0.6 is 23.4 Å². The lowest BCUT2D eigenvalue weighted by Gasteiger charge is -2.08. The minimum Gasteiger partial charge on any atom is -0.325 e. The largest absolute Gasteiger partial charge is 0.325 e. The molecule has 3 aromatic rings. The van der Waals surface area contributed by atoms with Gasteiger partial charge < -0.3 is 5.32 Å². The molecule has 1 N–H and O–H groups in total. The Hall–Kier alpha value is -2.78. The minimum absolute atomic E-state index is 0.0557. The molecule has 0 aliphatic rings. The molecule has 0 aliphatic heterocycles. The van der Waals surface area contributed by atoms with Crippen molar-refractivity contribution in [1.29, 1.82) is 0 Å². The van der Waals surface area contributed by atoms with E-state index < -0.39 is 5.82 Å². The van der Waals surface area contributed by atoms with Gasteiger partial charge in [-0.15, -0.1) is 16.8 Å². The molecule has 0 unspecified atom stereocenters. The Bertz CT molecular complexity index is 965. The maximum absolute atomic E-state index is 13.2. The number of rotatable bonds is 7. The molecule has 0 radical (unpaired) electrons. The van der Waals surface area contributed by atoms with E-state index in [4.69, 9.17) is 11.6 Å². The van der Waals surface area contributed by atoms with E-state index in [0.29, 0.717) is 28.9 Å². The van der Waals surface area contributed by atoms with Crippen LogP contribution in [0.5, 0.6) is 0 Å².